The Morgan fingerprint density at radius 1 is 1.09 bits per heavy atom. The van der Waals surface area contributed by atoms with Crippen LogP contribution in [0.3, 0.4) is 0 Å². The van der Waals surface area contributed by atoms with Gasteiger partial charge in [0.05, 0.1) is 30.7 Å². The standard InChI is InChI=1S/C26H33N3O4/c1-26(2,3)33-25(30)28-16-8-7-9-20(28)18-32-24-27-22-10-5-6-11-23(22)29(24)17-19-12-14-21(31-4)15-13-19/h5-6,10-15,20H,7-9,16-18H2,1-4H3. The van der Waals surface area contributed by atoms with E-state index in [0.717, 1.165) is 41.6 Å². The van der Waals surface area contributed by atoms with Gasteiger partial charge in [-0.3, -0.25) is 4.57 Å². The van der Waals surface area contributed by atoms with Crippen LogP contribution in [0.4, 0.5) is 4.79 Å². The zero-order chi connectivity index (χ0) is 23.4. The highest BCUT2D eigenvalue weighted by Crippen LogP contribution is 2.26. The summed E-state index contributed by atoms with van der Waals surface area (Å²) in [6, 6.07) is 16.5. The van der Waals surface area contributed by atoms with Gasteiger partial charge in [-0.1, -0.05) is 24.3 Å². The Balaban J connectivity index is 1.54. The molecule has 1 aliphatic heterocycles. The normalized spacial score (nSPS) is 16.6. The van der Waals surface area contributed by atoms with Gasteiger partial charge < -0.3 is 19.1 Å². The molecule has 0 bridgehead atoms. The summed E-state index contributed by atoms with van der Waals surface area (Å²) < 4.78 is 19.3. The molecule has 1 unspecified atom stereocenters. The molecule has 176 valence electrons. The summed E-state index contributed by atoms with van der Waals surface area (Å²) in [7, 11) is 1.66. The molecule has 3 aromatic rings. The van der Waals surface area contributed by atoms with Crippen LogP contribution in [0.2, 0.25) is 0 Å². The Labute approximate surface area is 195 Å². The monoisotopic (exact) mass is 451 g/mol. The number of benzene rings is 2. The van der Waals surface area contributed by atoms with Crippen molar-refractivity contribution in [1.29, 1.82) is 0 Å². The van der Waals surface area contributed by atoms with Crippen LogP contribution < -0.4 is 9.47 Å². The van der Waals surface area contributed by atoms with Crippen LogP contribution in [0.25, 0.3) is 11.0 Å². The molecule has 1 amide bonds. The third-order valence-corrected chi connectivity index (χ3v) is 5.78. The number of likely N-dealkylation sites (tertiary alicyclic amines) is 1. The molecule has 0 radical (unpaired) electrons. The summed E-state index contributed by atoms with van der Waals surface area (Å²) in [5.74, 6) is 0.824. The zero-order valence-corrected chi connectivity index (χ0v) is 19.9. The fraction of sp³-hybridized carbons (Fsp3) is 0.462. The van der Waals surface area contributed by atoms with Gasteiger partial charge in [0.2, 0.25) is 0 Å². The third kappa shape index (κ3) is 5.59. The quantitative estimate of drug-likeness (QED) is 0.511. The molecule has 0 spiro atoms. The van der Waals surface area contributed by atoms with Gasteiger partial charge in [0.25, 0.3) is 6.01 Å². The zero-order valence-electron chi connectivity index (χ0n) is 19.9. The van der Waals surface area contributed by atoms with Crippen LogP contribution >= 0.6 is 0 Å². The molecule has 1 fully saturated rings. The maximum atomic E-state index is 12.8. The molecule has 1 aromatic heterocycles. The predicted octanol–water partition coefficient (Wildman–Crippen LogP) is 5.26. The van der Waals surface area contributed by atoms with Gasteiger partial charge in [-0.15, -0.1) is 0 Å². The summed E-state index contributed by atoms with van der Waals surface area (Å²) in [6.07, 6.45) is 2.65. The highest BCUT2D eigenvalue weighted by molar-refractivity contribution is 5.76. The Morgan fingerprint density at radius 3 is 2.58 bits per heavy atom. The highest BCUT2D eigenvalue weighted by Gasteiger charge is 2.31. The number of amides is 1. The lowest BCUT2D eigenvalue weighted by Crippen LogP contribution is -2.48. The number of fused-ring (bicyclic) bond motifs is 1. The topological polar surface area (TPSA) is 65.8 Å². The van der Waals surface area contributed by atoms with Crippen molar-refractivity contribution in [3.05, 3.63) is 54.1 Å². The molecule has 33 heavy (non-hydrogen) atoms. The van der Waals surface area contributed by atoms with Gasteiger partial charge in [0.1, 0.15) is 18.0 Å². The minimum atomic E-state index is -0.522. The molecule has 7 nitrogen and oxygen atoms in total. The molecular formula is C26H33N3O4. The summed E-state index contributed by atoms with van der Waals surface area (Å²) in [4.78, 5) is 19.3. The Kier molecular flexibility index (Phi) is 6.77. The molecule has 0 saturated carbocycles. The molecule has 7 heteroatoms. The lowest BCUT2D eigenvalue weighted by molar-refractivity contribution is 0.00290. The molecular weight excluding hydrogens is 418 g/mol. The lowest BCUT2D eigenvalue weighted by atomic mass is 10.0. The number of hydrogen-bond acceptors (Lipinski definition) is 5. The number of aromatic nitrogens is 2. The van der Waals surface area contributed by atoms with Gasteiger partial charge in [0, 0.05) is 6.54 Å². The first-order valence-electron chi connectivity index (χ1n) is 11.5. The molecule has 1 atom stereocenters. The Hall–Kier alpha value is -3.22. The maximum Gasteiger partial charge on any atom is 0.410 e. The molecule has 1 saturated heterocycles. The van der Waals surface area contributed by atoms with E-state index in [1.165, 1.54) is 0 Å². The van der Waals surface area contributed by atoms with E-state index in [1.807, 2.05) is 74.2 Å². The Bertz CT molecular complexity index is 1090. The van der Waals surface area contributed by atoms with E-state index in [9.17, 15) is 4.79 Å². The number of nitrogens with zero attached hydrogens (tertiary/aromatic N) is 3. The smallest absolute Gasteiger partial charge is 0.410 e. The van der Waals surface area contributed by atoms with Gasteiger partial charge in [-0.2, -0.15) is 4.98 Å². The van der Waals surface area contributed by atoms with Crippen molar-refractivity contribution >= 4 is 17.1 Å². The van der Waals surface area contributed by atoms with Gasteiger partial charge in [-0.05, 0) is 69.9 Å². The van der Waals surface area contributed by atoms with Crippen molar-refractivity contribution in [2.45, 2.75) is 58.2 Å². The maximum absolute atomic E-state index is 12.8. The molecule has 0 aliphatic carbocycles. The number of methoxy groups -OCH3 is 1. The lowest BCUT2D eigenvalue weighted by Gasteiger charge is -2.36. The van der Waals surface area contributed by atoms with E-state index in [-0.39, 0.29) is 12.1 Å². The second-order valence-electron chi connectivity index (χ2n) is 9.45. The number of carbonyl (C=O) groups is 1. The van der Waals surface area contributed by atoms with E-state index in [2.05, 4.69) is 4.57 Å². The van der Waals surface area contributed by atoms with E-state index < -0.39 is 5.60 Å². The SMILES string of the molecule is COc1ccc(Cn2c(OCC3CCCCN3C(=O)OC(C)(C)C)nc3ccccc32)cc1. The summed E-state index contributed by atoms with van der Waals surface area (Å²) in [5.41, 5.74) is 2.49. The molecule has 2 aromatic carbocycles. The number of para-hydroxylation sites is 2. The number of carbonyl (C=O) groups excluding carboxylic acids is 1. The fourth-order valence-electron chi connectivity index (χ4n) is 4.14. The molecule has 1 aliphatic rings. The average molecular weight is 452 g/mol. The van der Waals surface area contributed by atoms with Crippen molar-refractivity contribution in [1.82, 2.24) is 14.5 Å². The highest BCUT2D eigenvalue weighted by atomic mass is 16.6. The number of ether oxygens (including phenoxy) is 3. The predicted molar refractivity (Wildman–Crippen MR) is 128 cm³/mol. The van der Waals surface area contributed by atoms with Crippen molar-refractivity contribution < 1.29 is 19.0 Å². The van der Waals surface area contributed by atoms with E-state index in [4.69, 9.17) is 19.2 Å². The third-order valence-electron chi connectivity index (χ3n) is 5.78. The van der Waals surface area contributed by atoms with Crippen LogP contribution in [0.15, 0.2) is 48.5 Å². The summed E-state index contributed by atoms with van der Waals surface area (Å²) in [5, 5.41) is 0. The van der Waals surface area contributed by atoms with Gasteiger partial charge in [-0.25, -0.2) is 4.79 Å². The summed E-state index contributed by atoms with van der Waals surface area (Å²) >= 11 is 0. The van der Waals surface area contributed by atoms with E-state index >= 15 is 0 Å². The van der Waals surface area contributed by atoms with Crippen molar-refractivity contribution in [3.8, 4) is 11.8 Å². The van der Waals surface area contributed by atoms with E-state index in [0.29, 0.717) is 25.7 Å². The largest absolute Gasteiger partial charge is 0.497 e. The van der Waals surface area contributed by atoms with Gasteiger partial charge >= 0.3 is 6.09 Å². The number of hydrogen-bond donors (Lipinski definition) is 0. The minimum absolute atomic E-state index is 0.0390. The van der Waals surface area contributed by atoms with Crippen LogP contribution in [0.5, 0.6) is 11.8 Å². The first-order valence-corrected chi connectivity index (χ1v) is 11.5. The summed E-state index contributed by atoms with van der Waals surface area (Å²) in [6.45, 7) is 7.36. The second kappa shape index (κ2) is 9.73. The average Bonchev–Trinajstić information content (AvgIpc) is 3.14. The van der Waals surface area contributed by atoms with Crippen LogP contribution in [-0.4, -0.2) is 52.4 Å². The van der Waals surface area contributed by atoms with Crippen LogP contribution in [-0.2, 0) is 11.3 Å². The number of piperidine rings is 1. The van der Waals surface area contributed by atoms with Crippen molar-refractivity contribution in [2.24, 2.45) is 0 Å². The van der Waals surface area contributed by atoms with Gasteiger partial charge in [0.15, 0.2) is 0 Å². The molecule has 4 rings (SSSR count). The second-order valence-corrected chi connectivity index (χ2v) is 9.45. The first kappa shape index (κ1) is 23.0. The number of rotatable bonds is 6. The van der Waals surface area contributed by atoms with Crippen LogP contribution in [0.1, 0.15) is 45.6 Å². The first-order chi connectivity index (χ1) is 15.8. The van der Waals surface area contributed by atoms with Crippen molar-refractivity contribution in [3.63, 3.8) is 0 Å². The molecule has 2 heterocycles. The fourth-order valence-corrected chi connectivity index (χ4v) is 4.14. The Morgan fingerprint density at radius 2 is 1.85 bits per heavy atom. The van der Waals surface area contributed by atoms with Crippen LogP contribution in [0, 0.1) is 0 Å². The number of imidazole rings is 1. The molecule has 0 N–H and O–H groups in total. The minimum Gasteiger partial charge on any atom is -0.497 e. The van der Waals surface area contributed by atoms with E-state index in [1.54, 1.807) is 7.11 Å². The van der Waals surface area contributed by atoms with Crippen molar-refractivity contribution in [2.75, 3.05) is 20.3 Å².